The summed E-state index contributed by atoms with van der Waals surface area (Å²) in [5.74, 6) is -0.974. The predicted octanol–water partition coefficient (Wildman–Crippen LogP) is 5.00. The first-order valence-electron chi connectivity index (χ1n) is 9.06. The molecule has 146 valence electrons. The van der Waals surface area contributed by atoms with Gasteiger partial charge in [-0.15, -0.1) is 0 Å². The van der Waals surface area contributed by atoms with E-state index in [-0.39, 0.29) is 17.1 Å². The average molecular weight is 426 g/mol. The van der Waals surface area contributed by atoms with Gasteiger partial charge in [0.25, 0.3) is 5.91 Å². The van der Waals surface area contributed by atoms with Crippen LogP contribution in [0.2, 0.25) is 10.0 Å². The molecule has 0 saturated carbocycles. The third kappa shape index (κ3) is 3.55. The summed E-state index contributed by atoms with van der Waals surface area (Å²) in [5, 5.41) is 12.0. The van der Waals surface area contributed by atoms with Gasteiger partial charge in [0.1, 0.15) is 0 Å². The van der Waals surface area contributed by atoms with Crippen molar-refractivity contribution in [2.75, 3.05) is 4.90 Å². The van der Waals surface area contributed by atoms with Crippen molar-refractivity contribution in [3.63, 3.8) is 0 Å². The van der Waals surface area contributed by atoms with Crippen molar-refractivity contribution in [3.05, 3.63) is 99.5 Å². The van der Waals surface area contributed by atoms with Crippen LogP contribution in [0.15, 0.2) is 72.8 Å². The second kappa shape index (κ2) is 7.64. The van der Waals surface area contributed by atoms with E-state index in [2.05, 4.69) is 0 Å². The Bertz CT molecular complexity index is 1100. The Kier molecular flexibility index (Phi) is 5.17. The molecule has 0 spiro atoms. The molecule has 1 aliphatic heterocycles. The van der Waals surface area contributed by atoms with E-state index in [4.69, 9.17) is 23.2 Å². The molecule has 1 heterocycles. The van der Waals surface area contributed by atoms with E-state index in [1.54, 1.807) is 42.5 Å². The van der Waals surface area contributed by atoms with Crippen LogP contribution in [0.5, 0.6) is 0 Å². The first kappa shape index (κ1) is 19.6. The lowest BCUT2D eigenvalue weighted by Crippen LogP contribution is -2.41. The molecule has 1 amide bonds. The molecule has 1 unspecified atom stereocenters. The Hall–Kier alpha value is -2.66. The second-order valence-corrected chi connectivity index (χ2v) is 7.82. The van der Waals surface area contributed by atoms with Crippen molar-refractivity contribution < 1.29 is 14.7 Å². The van der Waals surface area contributed by atoms with E-state index >= 15 is 0 Å². The van der Waals surface area contributed by atoms with E-state index in [9.17, 15) is 14.7 Å². The number of hydrogen-bond donors (Lipinski definition) is 1. The van der Waals surface area contributed by atoms with Crippen LogP contribution in [0.25, 0.3) is 0 Å². The van der Waals surface area contributed by atoms with Gasteiger partial charge in [-0.05, 0) is 35.9 Å². The average Bonchev–Trinajstić information content (AvgIpc) is 2.90. The van der Waals surface area contributed by atoms with Gasteiger partial charge in [0.15, 0.2) is 11.4 Å². The third-order valence-corrected chi connectivity index (χ3v) is 5.63. The number of rotatable bonds is 5. The molecule has 3 aromatic rings. The molecule has 1 N–H and O–H groups in total. The van der Waals surface area contributed by atoms with Crippen LogP contribution >= 0.6 is 23.2 Å². The van der Waals surface area contributed by atoms with Gasteiger partial charge in [0.05, 0.1) is 23.7 Å². The Labute approximate surface area is 178 Å². The van der Waals surface area contributed by atoms with E-state index in [1.165, 1.54) is 4.90 Å². The largest absolute Gasteiger partial charge is 0.375 e. The minimum absolute atomic E-state index is 0.264. The number of amides is 1. The number of ketones is 1. The Morgan fingerprint density at radius 1 is 0.966 bits per heavy atom. The molecule has 6 heteroatoms. The smallest absolute Gasteiger partial charge is 0.264 e. The summed E-state index contributed by atoms with van der Waals surface area (Å²) in [4.78, 5) is 27.7. The topological polar surface area (TPSA) is 57.6 Å². The van der Waals surface area contributed by atoms with Gasteiger partial charge in [0.2, 0.25) is 0 Å². The van der Waals surface area contributed by atoms with Gasteiger partial charge in [-0.25, -0.2) is 0 Å². The maximum Gasteiger partial charge on any atom is 0.264 e. The lowest BCUT2D eigenvalue weighted by atomic mass is 9.88. The van der Waals surface area contributed by atoms with Gasteiger partial charge in [0, 0.05) is 16.1 Å². The standard InChI is InChI=1S/C23H17Cl2NO3/c24-16-10-11-20-18(12-16)23(29,13-21(27)17-8-4-5-9-19(17)25)22(28)26(20)14-15-6-2-1-3-7-15/h1-12,29H,13-14H2. The molecule has 1 atom stereocenters. The number of aliphatic hydroxyl groups is 1. The van der Waals surface area contributed by atoms with Crippen LogP contribution in [0.3, 0.4) is 0 Å². The van der Waals surface area contributed by atoms with E-state index < -0.39 is 23.7 Å². The highest BCUT2D eigenvalue weighted by Crippen LogP contribution is 2.45. The van der Waals surface area contributed by atoms with Crippen molar-refractivity contribution in [2.24, 2.45) is 0 Å². The molecule has 29 heavy (non-hydrogen) atoms. The molecule has 0 fully saturated rings. The fourth-order valence-electron chi connectivity index (χ4n) is 3.63. The fraction of sp³-hybridized carbons (Fsp3) is 0.130. The van der Waals surface area contributed by atoms with Crippen molar-refractivity contribution in [1.29, 1.82) is 0 Å². The molecule has 0 aliphatic carbocycles. The molecule has 0 aromatic heterocycles. The quantitative estimate of drug-likeness (QED) is 0.585. The van der Waals surface area contributed by atoms with Gasteiger partial charge in [-0.3, -0.25) is 9.59 Å². The lowest BCUT2D eigenvalue weighted by molar-refractivity contribution is -0.136. The first-order chi connectivity index (χ1) is 13.9. The molecular formula is C23H17Cl2NO3. The zero-order valence-electron chi connectivity index (χ0n) is 15.3. The SMILES string of the molecule is O=C(CC1(O)C(=O)N(Cc2ccccc2)c2ccc(Cl)cc21)c1ccccc1Cl. The van der Waals surface area contributed by atoms with E-state index in [0.717, 1.165) is 5.56 Å². The van der Waals surface area contributed by atoms with Crippen LogP contribution in [-0.2, 0) is 16.9 Å². The highest BCUT2D eigenvalue weighted by atomic mass is 35.5. The van der Waals surface area contributed by atoms with Crippen LogP contribution in [0.4, 0.5) is 5.69 Å². The molecule has 0 bridgehead atoms. The molecule has 3 aromatic carbocycles. The highest BCUT2D eigenvalue weighted by Gasteiger charge is 2.51. The fourth-order valence-corrected chi connectivity index (χ4v) is 4.04. The summed E-state index contributed by atoms with van der Waals surface area (Å²) in [6.07, 6.45) is -0.422. The van der Waals surface area contributed by atoms with Gasteiger partial charge >= 0.3 is 0 Å². The van der Waals surface area contributed by atoms with Gasteiger partial charge < -0.3 is 10.0 Å². The maximum atomic E-state index is 13.3. The van der Waals surface area contributed by atoms with Crippen molar-refractivity contribution in [1.82, 2.24) is 0 Å². The Morgan fingerprint density at radius 3 is 2.38 bits per heavy atom. The number of halogens is 2. The number of benzene rings is 3. The zero-order chi connectivity index (χ0) is 20.6. The van der Waals surface area contributed by atoms with E-state index in [1.807, 2.05) is 30.3 Å². The van der Waals surface area contributed by atoms with Crippen LogP contribution in [-0.4, -0.2) is 16.8 Å². The zero-order valence-corrected chi connectivity index (χ0v) is 16.8. The second-order valence-electron chi connectivity index (χ2n) is 6.98. The van der Waals surface area contributed by atoms with Crippen LogP contribution in [0.1, 0.15) is 27.9 Å². The predicted molar refractivity (Wildman–Crippen MR) is 113 cm³/mol. The number of fused-ring (bicyclic) bond motifs is 1. The van der Waals surface area contributed by atoms with Crippen molar-refractivity contribution >= 4 is 40.6 Å². The van der Waals surface area contributed by atoms with Crippen LogP contribution < -0.4 is 4.90 Å². The minimum Gasteiger partial charge on any atom is -0.375 e. The molecular weight excluding hydrogens is 409 g/mol. The highest BCUT2D eigenvalue weighted by molar-refractivity contribution is 6.34. The summed E-state index contributed by atoms with van der Waals surface area (Å²) in [6.45, 7) is 0.275. The Morgan fingerprint density at radius 2 is 1.66 bits per heavy atom. The lowest BCUT2D eigenvalue weighted by Gasteiger charge is -2.23. The van der Waals surface area contributed by atoms with Crippen molar-refractivity contribution in [3.8, 4) is 0 Å². The monoisotopic (exact) mass is 425 g/mol. The number of hydrogen-bond acceptors (Lipinski definition) is 3. The number of carbonyl (C=O) groups excluding carboxylic acids is 2. The minimum atomic E-state index is -2.01. The number of carbonyl (C=O) groups is 2. The summed E-state index contributed by atoms with van der Waals surface area (Å²) in [5.41, 5.74) is 0.0265. The molecule has 4 rings (SSSR count). The Balaban J connectivity index is 1.73. The van der Waals surface area contributed by atoms with Gasteiger partial charge in [-0.1, -0.05) is 65.7 Å². The first-order valence-corrected chi connectivity index (χ1v) is 9.82. The van der Waals surface area contributed by atoms with E-state index in [0.29, 0.717) is 16.3 Å². The molecule has 0 saturated heterocycles. The summed E-state index contributed by atoms with van der Waals surface area (Å²) >= 11 is 12.3. The van der Waals surface area contributed by atoms with Gasteiger partial charge in [-0.2, -0.15) is 0 Å². The third-order valence-electron chi connectivity index (χ3n) is 5.07. The number of nitrogens with zero attached hydrogens (tertiary/aromatic N) is 1. The number of anilines is 1. The summed E-state index contributed by atoms with van der Waals surface area (Å²) in [7, 11) is 0. The number of Topliss-reactive ketones (excluding diaryl/α,β-unsaturated/α-hetero) is 1. The maximum absolute atomic E-state index is 13.3. The van der Waals surface area contributed by atoms with Crippen LogP contribution in [0, 0.1) is 0 Å². The molecule has 0 radical (unpaired) electrons. The molecule has 1 aliphatic rings. The molecule has 4 nitrogen and oxygen atoms in total. The summed E-state index contributed by atoms with van der Waals surface area (Å²) in [6, 6.07) is 20.9. The normalized spacial score (nSPS) is 18.0. The van der Waals surface area contributed by atoms with Crippen molar-refractivity contribution in [2.45, 2.75) is 18.6 Å². The summed E-state index contributed by atoms with van der Waals surface area (Å²) < 4.78 is 0.